The summed E-state index contributed by atoms with van der Waals surface area (Å²) in [7, 11) is 0. The molecule has 0 bridgehead atoms. The molecule has 0 spiro atoms. The molecule has 0 radical (unpaired) electrons. The summed E-state index contributed by atoms with van der Waals surface area (Å²) in [5.74, 6) is -0.920. The van der Waals surface area contributed by atoms with Crippen molar-refractivity contribution in [3.63, 3.8) is 0 Å². The molecule has 1 saturated carbocycles. The van der Waals surface area contributed by atoms with Crippen molar-refractivity contribution in [2.45, 2.75) is 84.8 Å². The molecule has 1 amide bonds. The van der Waals surface area contributed by atoms with Gasteiger partial charge in [0.05, 0.1) is 0 Å². The molecule has 0 aliphatic heterocycles. The minimum absolute atomic E-state index is 0.393. The molecule has 0 saturated heterocycles. The lowest BCUT2D eigenvalue weighted by molar-refractivity contribution is -0.165. The molecule has 22 heavy (non-hydrogen) atoms. The predicted molar refractivity (Wildman–Crippen MR) is 85.8 cm³/mol. The Bertz CT molecular complexity index is 425. The van der Waals surface area contributed by atoms with E-state index in [2.05, 4.69) is 0 Å². The van der Waals surface area contributed by atoms with Crippen molar-refractivity contribution in [3.8, 4) is 0 Å². The third-order valence-electron chi connectivity index (χ3n) is 4.59. The maximum atomic E-state index is 12.7. The first kappa shape index (κ1) is 18.8. The van der Waals surface area contributed by atoms with E-state index in [1.54, 1.807) is 20.8 Å². The van der Waals surface area contributed by atoms with E-state index in [0.717, 1.165) is 19.3 Å². The van der Waals surface area contributed by atoms with E-state index in [1.807, 2.05) is 20.8 Å². The molecule has 128 valence electrons. The van der Waals surface area contributed by atoms with Gasteiger partial charge in [-0.15, -0.1) is 0 Å². The van der Waals surface area contributed by atoms with Crippen molar-refractivity contribution < 1.29 is 19.4 Å². The van der Waals surface area contributed by atoms with Crippen LogP contribution in [0.1, 0.15) is 73.6 Å². The van der Waals surface area contributed by atoms with Crippen LogP contribution in [0.2, 0.25) is 0 Å². The number of carbonyl (C=O) groups excluding carboxylic acids is 1. The van der Waals surface area contributed by atoms with Crippen LogP contribution in [0.25, 0.3) is 0 Å². The average Bonchev–Trinajstić information content (AvgIpc) is 2.33. The Morgan fingerprint density at radius 3 is 2.14 bits per heavy atom. The maximum absolute atomic E-state index is 12.7. The number of rotatable bonds is 4. The fourth-order valence-corrected chi connectivity index (χ4v) is 3.48. The van der Waals surface area contributed by atoms with Crippen LogP contribution in [0.3, 0.4) is 0 Å². The van der Waals surface area contributed by atoms with Crippen LogP contribution >= 0.6 is 0 Å². The standard InChI is InChI=1S/C17H31NO4/c1-7-12-18(14(21)22-15(2,3)4)17(13(19)20)11-9-8-10-16(17,5)6/h7-12H2,1-6H3,(H,19,20). The van der Waals surface area contributed by atoms with Gasteiger partial charge in [-0.1, -0.05) is 33.6 Å². The van der Waals surface area contributed by atoms with Crippen LogP contribution in [-0.4, -0.2) is 39.8 Å². The summed E-state index contributed by atoms with van der Waals surface area (Å²) in [6.07, 6.45) is 3.27. The lowest BCUT2D eigenvalue weighted by Crippen LogP contribution is -2.66. The van der Waals surface area contributed by atoms with Crippen molar-refractivity contribution in [2.75, 3.05) is 6.54 Å². The topological polar surface area (TPSA) is 66.8 Å². The number of ether oxygens (including phenoxy) is 1. The molecule has 0 aromatic carbocycles. The molecule has 0 aromatic rings. The number of carbonyl (C=O) groups is 2. The molecule has 1 unspecified atom stereocenters. The number of hydrogen-bond donors (Lipinski definition) is 1. The number of carboxylic acids is 1. The first-order valence-electron chi connectivity index (χ1n) is 8.22. The zero-order valence-electron chi connectivity index (χ0n) is 14.9. The molecule has 0 heterocycles. The van der Waals surface area contributed by atoms with E-state index >= 15 is 0 Å². The van der Waals surface area contributed by atoms with Crippen LogP contribution in [0.4, 0.5) is 4.79 Å². The van der Waals surface area contributed by atoms with Gasteiger partial charge in [-0.25, -0.2) is 9.59 Å². The third-order valence-corrected chi connectivity index (χ3v) is 4.59. The second kappa shape index (κ2) is 6.47. The second-order valence-electron chi connectivity index (χ2n) is 7.89. The minimum Gasteiger partial charge on any atom is -0.479 e. The Hall–Kier alpha value is -1.26. The minimum atomic E-state index is -1.19. The highest BCUT2D eigenvalue weighted by Crippen LogP contribution is 2.48. The third kappa shape index (κ3) is 3.55. The highest BCUT2D eigenvalue weighted by Gasteiger charge is 2.58. The van der Waals surface area contributed by atoms with Gasteiger partial charge in [-0.2, -0.15) is 0 Å². The summed E-state index contributed by atoms with van der Waals surface area (Å²) in [4.78, 5) is 26.4. The predicted octanol–water partition coefficient (Wildman–Crippen LogP) is 4.06. The molecule has 5 heteroatoms. The van der Waals surface area contributed by atoms with Gasteiger partial charge < -0.3 is 9.84 Å². The molecule has 1 N–H and O–H groups in total. The van der Waals surface area contributed by atoms with E-state index in [1.165, 1.54) is 4.90 Å². The molecule has 1 rings (SSSR count). The van der Waals surface area contributed by atoms with Crippen molar-refractivity contribution in [1.82, 2.24) is 4.90 Å². The highest BCUT2D eigenvalue weighted by atomic mass is 16.6. The summed E-state index contributed by atoms with van der Waals surface area (Å²) in [6.45, 7) is 11.6. The lowest BCUT2D eigenvalue weighted by Gasteiger charge is -2.52. The summed E-state index contributed by atoms with van der Waals surface area (Å²) in [5, 5.41) is 10.0. The van der Waals surface area contributed by atoms with Crippen LogP contribution in [-0.2, 0) is 9.53 Å². The van der Waals surface area contributed by atoms with E-state index in [4.69, 9.17) is 4.74 Å². The van der Waals surface area contributed by atoms with E-state index in [-0.39, 0.29) is 0 Å². The number of carboxylic acid groups (broad SMARTS) is 1. The number of amides is 1. The SMILES string of the molecule is CCCN(C(=O)OC(C)(C)C)C1(C(=O)O)CCCCC1(C)C. The van der Waals surface area contributed by atoms with Crippen molar-refractivity contribution in [2.24, 2.45) is 5.41 Å². The normalized spacial score (nSPS) is 24.6. The van der Waals surface area contributed by atoms with Gasteiger partial charge in [0.25, 0.3) is 0 Å². The van der Waals surface area contributed by atoms with Gasteiger partial charge in [0, 0.05) is 6.54 Å². The Balaban J connectivity index is 3.28. The average molecular weight is 313 g/mol. The maximum Gasteiger partial charge on any atom is 0.411 e. The van der Waals surface area contributed by atoms with Gasteiger partial charge in [-0.3, -0.25) is 4.90 Å². The largest absolute Gasteiger partial charge is 0.479 e. The first-order chi connectivity index (χ1) is 9.98. The van der Waals surface area contributed by atoms with Crippen LogP contribution in [0.15, 0.2) is 0 Å². The Kier molecular flexibility index (Phi) is 5.52. The second-order valence-corrected chi connectivity index (χ2v) is 7.89. The summed E-state index contributed by atoms with van der Waals surface area (Å²) in [6, 6.07) is 0. The molecule has 1 aliphatic carbocycles. The summed E-state index contributed by atoms with van der Waals surface area (Å²) < 4.78 is 5.50. The van der Waals surface area contributed by atoms with E-state index in [9.17, 15) is 14.7 Å². The van der Waals surface area contributed by atoms with Gasteiger partial charge in [-0.05, 0) is 45.4 Å². The molecular formula is C17H31NO4. The van der Waals surface area contributed by atoms with Crippen LogP contribution in [0, 0.1) is 5.41 Å². The first-order valence-corrected chi connectivity index (χ1v) is 8.22. The number of nitrogens with zero attached hydrogens (tertiary/aromatic N) is 1. The van der Waals surface area contributed by atoms with Gasteiger partial charge >= 0.3 is 12.1 Å². The van der Waals surface area contributed by atoms with Gasteiger partial charge in [0.15, 0.2) is 0 Å². The Morgan fingerprint density at radius 1 is 1.18 bits per heavy atom. The number of hydrogen-bond acceptors (Lipinski definition) is 3. The Labute approximate surface area is 134 Å². The van der Waals surface area contributed by atoms with Crippen LogP contribution < -0.4 is 0 Å². The Morgan fingerprint density at radius 2 is 1.73 bits per heavy atom. The number of aliphatic carboxylic acids is 1. The molecule has 0 aromatic heterocycles. The summed E-state index contributed by atoms with van der Waals surface area (Å²) >= 11 is 0. The molecule has 1 aliphatic rings. The zero-order chi connectivity index (χ0) is 17.2. The lowest BCUT2D eigenvalue weighted by atomic mass is 9.62. The fraction of sp³-hybridized carbons (Fsp3) is 0.882. The highest BCUT2D eigenvalue weighted by molar-refractivity contribution is 5.85. The molecular weight excluding hydrogens is 282 g/mol. The molecule has 5 nitrogen and oxygen atoms in total. The van der Waals surface area contributed by atoms with Crippen molar-refractivity contribution in [1.29, 1.82) is 0 Å². The van der Waals surface area contributed by atoms with Crippen LogP contribution in [0.5, 0.6) is 0 Å². The molecule has 1 fully saturated rings. The smallest absolute Gasteiger partial charge is 0.411 e. The zero-order valence-corrected chi connectivity index (χ0v) is 14.9. The monoisotopic (exact) mass is 313 g/mol. The van der Waals surface area contributed by atoms with E-state index in [0.29, 0.717) is 19.4 Å². The van der Waals surface area contributed by atoms with Crippen molar-refractivity contribution in [3.05, 3.63) is 0 Å². The quantitative estimate of drug-likeness (QED) is 0.850. The van der Waals surface area contributed by atoms with Gasteiger partial charge in [0.1, 0.15) is 11.1 Å². The summed E-state index contributed by atoms with van der Waals surface area (Å²) in [5.41, 5.74) is -2.31. The van der Waals surface area contributed by atoms with E-state index < -0.39 is 28.6 Å². The van der Waals surface area contributed by atoms with Crippen molar-refractivity contribution >= 4 is 12.1 Å². The molecule has 1 atom stereocenters. The fourth-order valence-electron chi connectivity index (χ4n) is 3.48. The van der Waals surface area contributed by atoms with Gasteiger partial charge in [0.2, 0.25) is 0 Å².